The largest absolute Gasteiger partial charge is 0.475 e. The van der Waals surface area contributed by atoms with E-state index in [1.807, 2.05) is 6.07 Å². The van der Waals surface area contributed by atoms with E-state index in [2.05, 4.69) is 27.1 Å². The molecule has 1 aromatic carbocycles. The first kappa shape index (κ1) is 20.6. The summed E-state index contributed by atoms with van der Waals surface area (Å²) in [7, 11) is 1.53. The lowest BCUT2D eigenvalue weighted by atomic mass is 10.1. The highest BCUT2D eigenvalue weighted by atomic mass is 19.1. The fraction of sp³-hybridized carbons (Fsp3) is 0.200. The summed E-state index contributed by atoms with van der Waals surface area (Å²) < 4.78 is 23.9. The highest BCUT2D eigenvalue weighted by Crippen LogP contribution is 2.17. The molecule has 7 nitrogen and oxygen atoms in total. The van der Waals surface area contributed by atoms with Crippen LogP contribution in [-0.2, 0) is 9.47 Å². The Morgan fingerprint density at radius 3 is 2.68 bits per heavy atom. The molecule has 0 aliphatic carbocycles. The highest BCUT2D eigenvalue weighted by molar-refractivity contribution is 5.97. The maximum absolute atomic E-state index is 13.7. The zero-order chi connectivity index (χ0) is 20.4. The molecule has 2 rings (SSSR count). The molecule has 0 radical (unpaired) electrons. The number of methoxy groups -OCH3 is 1. The molecule has 1 aromatic heterocycles. The van der Waals surface area contributed by atoms with Crippen molar-refractivity contribution >= 4 is 11.6 Å². The van der Waals surface area contributed by atoms with E-state index in [0.29, 0.717) is 18.0 Å². The number of aromatic nitrogens is 2. The molecule has 0 saturated heterocycles. The van der Waals surface area contributed by atoms with E-state index in [0.717, 1.165) is 6.07 Å². The zero-order valence-electron chi connectivity index (χ0n) is 15.4. The average Bonchev–Trinajstić information content (AvgIpc) is 2.68. The van der Waals surface area contributed by atoms with Crippen molar-refractivity contribution in [3.63, 3.8) is 0 Å². The minimum Gasteiger partial charge on any atom is -0.475 e. The van der Waals surface area contributed by atoms with E-state index < -0.39 is 5.82 Å². The summed E-state index contributed by atoms with van der Waals surface area (Å²) in [6, 6.07) is 7.43. The Balaban J connectivity index is 2.35. The molecule has 0 amide bonds. The van der Waals surface area contributed by atoms with Gasteiger partial charge in [0.2, 0.25) is 11.7 Å². The molecular formula is C20H18FN5O2. The van der Waals surface area contributed by atoms with Crippen LogP contribution >= 0.6 is 0 Å². The van der Waals surface area contributed by atoms with Crippen molar-refractivity contribution in [2.24, 2.45) is 0 Å². The molecule has 0 spiro atoms. The van der Waals surface area contributed by atoms with Gasteiger partial charge in [0.15, 0.2) is 0 Å². The van der Waals surface area contributed by atoms with Gasteiger partial charge in [0.25, 0.3) is 0 Å². The van der Waals surface area contributed by atoms with Crippen LogP contribution in [0.25, 0.3) is 0 Å². The van der Waals surface area contributed by atoms with E-state index in [1.165, 1.54) is 19.2 Å². The Kier molecular flexibility index (Phi) is 7.64. The summed E-state index contributed by atoms with van der Waals surface area (Å²) in [5.74, 6) is 5.15. The fourth-order valence-corrected chi connectivity index (χ4v) is 2.11. The quantitative estimate of drug-likeness (QED) is 0.346. The van der Waals surface area contributed by atoms with Gasteiger partial charge in [-0.15, -0.1) is 0 Å². The Morgan fingerprint density at radius 1 is 1.25 bits per heavy atom. The van der Waals surface area contributed by atoms with Gasteiger partial charge in [0.05, 0.1) is 18.2 Å². The molecule has 2 N–H and O–H groups in total. The SMILES string of the molecule is COCCOC(=N)/C(C#Cc1ncccn1)=C(/C)Nc1cc(F)cc(C#N)c1. The minimum absolute atomic E-state index is 0.173. The van der Waals surface area contributed by atoms with Crippen LogP contribution in [0.15, 0.2) is 47.9 Å². The first-order valence-corrected chi connectivity index (χ1v) is 8.21. The number of rotatable bonds is 6. The molecular weight excluding hydrogens is 361 g/mol. The lowest BCUT2D eigenvalue weighted by Gasteiger charge is -2.12. The third kappa shape index (κ3) is 6.20. The number of anilines is 1. The summed E-state index contributed by atoms with van der Waals surface area (Å²) >= 11 is 0. The molecule has 0 aliphatic heterocycles. The van der Waals surface area contributed by atoms with E-state index in [4.69, 9.17) is 20.1 Å². The standard InChI is InChI=1S/C20H18FN5O2/c1-14(26-17-11-15(13-22)10-16(21)12-17)18(20(23)28-9-8-27-2)4-5-19-24-6-3-7-25-19/h3,6-7,10-12,23,26H,8-9H2,1-2H3/b18-14-,23-20?. The monoisotopic (exact) mass is 379 g/mol. The average molecular weight is 379 g/mol. The van der Waals surface area contributed by atoms with E-state index in [9.17, 15) is 4.39 Å². The number of allylic oxidation sites excluding steroid dienone is 1. The lowest BCUT2D eigenvalue weighted by molar-refractivity contribution is 0.141. The van der Waals surface area contributed by atoms with Crippen LogP contribution in [0.2, 0.25) is 0 Å². The molecule has 142 valence electrons. The number of ether oxygens (including phenoxy) is 2. The van der Waals surface area contributed by atoms with Gasteiger partial charge in [-0.1, -0.05) is 5.92 Å². The van der Waals surface area contributed by atoms with Crippen LogP contribution in [0.1, 0.15) is 18.3 Å². The smallest absolute Gasteiger partial charge is 0.223 e. The second kappa shape index (κ2) is 10.4. The summed E-state index contributed by atoms with van der Waals surface area (Å²) in [6.45, 7) is 2.15. The van der Waals surface area contributed by atoms with E-state index in [-0.39, 0.29) is 29.5 Å². The van der Waals surface area contributed by atoms with Gasteiger partial charge in [-0.3, -0.25) is 5.41 Å². The maximum Gasteiger partial charge on any atom is 0.223 e. The van der Waals surface area contributed by atoms with Gasteiger partial charge in [-0.2, -0.15) is 5.26 Å². The predicted molar refractivity (Wildman–Crippen MR) is 102 cm³/mol. The molecule has 2 aromatic rings. The Morgan fingerprint density at radius 2 is 2.00 bits per heavy atom. The van der Waals surface area contributed by atoms with Gasteiger partial charge in [-0.05, 0) is 37.1 Å². The Hall–Kier alpha value is -3.75. The van der Waals surface area contributed by atoms with Gasteiger partial charge >= 0.3 is 0 Å². The van der Waals surface area contributed by atoms with Gasteiger partial charge in [-0.25, -0.2) is 14.4 Å². The fourth-order valence-electron chi connectivity index (χ4n) is 2.11. The normalized spacial score (nSPS) is 10.8. The third-order valence-corrected chi connectivity index (χ3v) is 3.36. The van der Waals surface area contributed by atoms with Crippen LogP contribution in [0.4, 0.5) is 10.1 Å². The first-order chi connectivity index (χ1) is 13.5. The van der Waals surface area contributed by atoms with Crippen molar-refractivity contribution in [2.75, 3.05) is 25.6 Å². The zero-order valence-corrected chi connectivity index (χ0v) is 15.4. The van der Waals surface area contributed by atoms with Crippen molar-refractivity contribution in [3.05, 3.63) is 65.1 Å². The number of hydrogen-bond donors (Lipinski definition) is 2. The molecule has 0 aliphatic rings. The molecule has 0 unspecified atom stereocenters. The predicted octanol–water partition coefficient (Wildman–Crippen LogP) is 2.87. The number of hydrogen-bond acceptors (Lipinski definition) is 7. The first-order valence-electron chi connectivity index (χ1n) is 8.21. The number of nitriles is 1. The van der Waals surface area contributed by atoms with Gasteiger partial charge < -0.3 is 14.8 Å². The second-order valence-corrected chi connectivity index (χ2v) is 5.46. The molecule has 8 heteroatoms. The minimum atomic E-state index is -0.550. The van der Waals surface area contributed by atoms with Crippen LogP contribution in [0.5, 0.6) is 0 Å². The Bertz CT molecular complexity index is 972. The van der Waals surface area contributed by atoms with Crippen molar-refractivity contribution in [2.45, 2.75) is 6.92 Å². The van der Waals surface area contributed by atoms with Gasteiger partial charge in [0.1, 0.15) is 18.0 Å². The summed E-state index contributed by atoms with van der Waals surface area (Å²) in [5.41, 5.74) is 1.22. The van der Waals surface area contributed by atoms with Crippen molar-refractivity contribution in [3.8, 4) is 17.9 Å². The molecule has 0 saturated carbocycles. The topological polar surface area (TPSA) is 104 Å². The van der Waals surface area contributed by atoms with Gasteiger partial charge in [0, 0.05) is 30.9 Å². The Labute approximate surface area is 162 Å². The molecule has 0 bridgehead atoms. The second-order valence-electron chi connectivity index (χ2n) is 5.46. The number of nitrogens with one attached hydrogen (secondary N) is 2. The van der Waals surface area contributed by atoms with E-state index in [1.54, 1.807) is 25.4 Å². The number of nitrogens with zero attached hydrogens (tertiary/aromatic N) is 3. The van der Waals surface area contributed by atoms with E-state index >= 15 is 0 Å². The third-order valence-electron chi connectivity index (χ3n) is 3.36. The molecule has 1 heterocycles. The van der Waals surface area contributed by atoms with Crippen molar-refractivity contribution < 1.29 is 13.9 Å². The van der Waals surface area contributed by atoms with Crippen molar-refractivity contribution in [1.82, 2.24) is 9.97 Å². The van der Waals surface area contributed by atoms with Crippen LogP contribution in [0, 0.1) is 34.4 Å². The summed E-state index contributed by atoms with van der Waals surface area (Å²) in [5, 5.41) is 20.1. The van der Waals surface area contributed by atoms with Crippen LogP contribution < -0.4 is 5.32 Å². The lowest BCUT2D eigenvalue weighted by Crippen LogP contribution is -2.14. The molecule has 28 heavy (non-hydrogen) atoms. The molecule has 0 fully saturated rings. The van der Waals surface area contributed by atoms with Crippen LogP contribution in [-0.4, -0.2) is 36.2 Å². The molecule has 0 atom stereocenters. The summed E-state index contributed by atoms with van der Waals surface area (Å²) in [6.07, 6.45) is 3.12. The maximum atomic E-state index is 13.7. The van der Waals surface area contributed by atoms with Crippen LogP contribution in [0.3, 0.4) is 0 Å². The van der Waals surface area contributed by atoms with Crippen molar-refractivity contribution in [1.29, 1.82) is 10.7 Å². The highest BCUT2D eigenvalue weighted by Gasteiger charge is 2.10. The number of benzene rings is 1. The summed E-state index contributed by atoms with van der Waals surface area (Å²) in [4.78, 5) is 8.04. The number of halogens is 1.